The summed E-state index contributed by atoms with van der Waals surface area (Å²) in [5.74, 6) is 0. The zero-order valence-corrected chi connectivity index (χ0v) is 11.2. The lowest BCUT2D eigenvalue weighted by Gasteiger charge is -2.10. The van der Waals surface area contributed by atoms with Crippen LogP contribution < -0.4 is 5.32 Å². The number of hydrogen-bond donors (Lipinski definition) is 1. The van der Waals surface area contributed by atoms with Gasteiger partial charge in [-0.25, -0.2) is 0 Å². The number of rotatable bonds is 6. The fraction of sp³-hybridized carbons (Fsp3) is 0.583. The lowest BCUT2D eigenvalue weighted by Crippen LogP contribution is -2.18. The molecule has 0 aliphatic carbocycles. The fourth-order valence-corrected chi connectivity index (χ4v) is 1.72. The highest BCUT2D eigenvalue weighted by Crippen LogP contribution is 2.11. The van der Waals surface area contributed by atoms with Crippen molar-refractivity contribution in [1.29, 1.82) is 0 Å². The lowest BCUT2D eigenvalue weighted by molar-refractivity contribution is 0.537. The first-order chi connectivity index (χ1) is 8.72. The second-order valence-corrected chi connectivity index (χ2v) is 4.26. The van der Waals surface area contributed by atoms with Crippen LogP contribution in [0.3, 0.4) is 0 Å². The minimum Gasteiger partial charge on any atom is -0.304 e. The van der Waals surface area contributed by atoms with E-state index in [1.54, 1.807) is 11.0 Å². The van der Waals surface area contributed by atoms with Crippen LogP contribution in [0, 0.1) is 0 Å². The summed E-state index contributed by atoms with van der Waals surface area (Å²) in [6, 6.07) is 0.261. The maximum absolute atomic E-state index is 4.34. The van der Waals surface area contributed by atoms with Gasteiger partial charge in [-0.15, -0.1) is 0 Å². The van der Waals surface area contributed by atoms with Crippen molar-refractivity contribution >= 4 is 0 Å². The summed E-state index contributed by atoms with van der Waals surface area (Å²) in [5, 5.41) is 16.2. The Bertz CT molecular complexity index is 486. The maximum atomic E-state index is 4.34. The van der Waals surface area contributed by atoms with Gasteiger partial charge in [0.25, 0.3) is 0 Å². The van der Waals surface area contributed by atoms with Gasteiger partial charge in [0.15, 0.2) is 0 Å². The molecule has 0 amide bonds. The predicted molar refractivity (Wildman–Crippen MR) is 68.9 cm³/mol. The van der Waals surface area contributed by atoms with E-state index in [1.165, 1.54) is 5.56 Å². The molecule has 2 aromatic rings. The number of hydrogen-bond acceptors (Lipinski definition) is 4. The van der Waals surface area contributed by atoms with Crippen LogP contribution in [0.4, 0.5) is 0 Å². The molecule has 0 fully saturated rings. The summed E-state index contributed by atoms with van der Waals surface area (Å²) in [4.78, 5) is 1.69. The molecule has 98 valence electrons. The smallest absolute Gasteiger partial charge is 0.0965 e. The molecule has 0 aromatic carbocycles. The Balaban J connectivity index is 1.89. The van der Waals surface area contributed by atoms with Crippen molar-refractivity contribution in [2.24, 2.45) is 0 Å². The standard InChI is InChI=1S/C12H20N6/c1-4-17-9-11(6-14-17)10(3)13-7-12-8-15-18(5-2)16-12/h6,8-10,13H,4-5,7H2,1-3H3. The van der Waals surface area contributed by atoms with Gasteiger partial charge in [-0.1, -0.05) is 0 Å². The van der Waals surface area contributed by atoms with Gasteiger partial charge in [0.05, 0.1) is 24.6 Å². The summed E-state index contributed by atoms with van der Waals surface area (Å²) in [6.07, 6.45) is 5.78. The van der Waals surface area contributed by atoms with Crippen LogP contribution in [0.1, 0.15) is 38.1 Å². The van der Waals surface area contributed by atoms with E-state index in [0.29, 0.717) is 0 Å². The summed E-state index contributed by atoms with van der Waals surface area (Å²) in [7, 11) is 0. The van der Waals surface area contributed by atoms with E-state index < -0.39 is 0 Å². The molecular weight excluding hydrogens is 228 g/mol. The second-order valence-electron chi connectivity index (χ2n) is 4.26. The Morgan fingerprint density at radius 1 is 1.22 bits per heavy atom. The quantitative estimate of drug-likeness (QED) is 0.838. The topological polar surface area (TPSA) is 60.6 Å². The molecule has 0 saturated heterocycles. The predicted octanol–water partition coefficient (Wildman–Crippen LogP) is 1.37. The van der Waals surface area contributed by atoms with Crippen molar-refractivity contribution in [2.45, 2.75) is 46.4 Å². The molecule has 0 spiro atoms. The van der Waals surface area contributed by atoms with Crippen LogP contribution in [-0.2, 0) is 19.6 Å². The van der Waals surface area contributed by atoms with E-state index in [-0.39, 0.29) is 6.04 Å². The fourth-order valence-electron chi connectivity index (χ4n) is 1.72. The van der Waals surface area contributed by atoms with Crippen molar-refractivity contribution in [2.75, 3.05) is 0 Å². The molecule has 1 unspecified atom stereocenters. The molecule has 0 aliphatic rings. The molecule has 0 saturated carbocycles. The van der Waals surface area contributed by atoms with Gasteiger partial charge < -0.3 is 5.32 Å². The highest BCUT2D eigenvalue weighted by atomic mass is 15.5. The van der Waals surface area contributed by atoms with E-state index in [0.717, 1.165) is 25.3 Å². The Labute approximate surface area is 107 Å². The molecule has 2 rings (SSSR count). The first-order valence-electron chi connectivity index (χ1n) is 6.37. The van der Waals surface area contributed by atoms with Gasteiger partial charge in [0.2, 0.25) is 0 Å². The lowest BCUT2D eigenvalue weighted by atomic mass is 10.2. The Morgan fingerprint density at radius 2 is 2.06 bits per heavy atom. The van der Waals surface area contributed by atoms with Crippen LogP contribution in [0.15, 0.2) is 18.6 Å². The van der Waals surface area contributed by atoms with Crippen LogP contribution in [0.2, 0.25) is 0 Å². The molecule has 6 heteroatoms. The molecule has 0 aliphatic heterocycles. The number of nitrogens with one attached hydrogen (secondary N) is 1. The zero-order chi connectivity index (χ0) is 13.0. The van der Waals surface area contributed by atoms with Crippen molar-refractivity contribution in [3.63, 3.8) is 0 Å². The SMILES string of the molecule is CCn1cc(C(C)NCc2cnn(CC)n2)cn1. The summed E-state index contributed by atoms with van der Waals surface area (Å²) < 4.78 is 1.93. The van der Waals surface area contributed by atoms with Gasteiger partial charge in [-0.2, -0.15) is 20.1 Å². The summed E-state index contributed by atoms with van der Waals surface area (Å²) in [5.41, 5.74) is 2.16. The van der Waals surface area contributed by atoms with Crippen molar-refractivity contribution in [1.82, 2.24) is 30.1 Å². The average molecular weight is 248 g/mol. The molecule has 0 bridgehead atoms. The third-order valence-corrected chi connectivity index (χ3v) is 2.93. The molecule has 6 nitrogen and oxygen atoms in total. The highest BCUT2D eigenvalue weighted by molar-refractivity contribution is 5.09. The number of aryl methyl sites for hydroxylation is 2. The van der Waals surface area contributed by atoms with Crippen molar-refractivity contribution in [3.05, 3.63) is 29.8 Å². The third kappa shape index (κ3) is 2.95. The number of nitrogens with zero attached hydrogens (tertiary/aromatic N) is 5. The van der Waals surface area contributed by atoms with Crippen LogP contribution in [-0.4, -0.2) is 24.8 Å². The molecule has 0 radical (unpaired) electrons. The van der Waals surface area contributed by atoms with Gasteiger partial charge in [0.1, 0.15) is 0 Å². The van der Waals surface area contributed by atoms with Crippen molar-refractivity contribution in [3.8, 4) is 0 Å². The van der Waals surface area contributed by atoms with E-state index in [9.17, 15) is 0 Å². The third-order valence-electron chi connectivity index (χ3n) is 2.93. The average Bonchev–Trinajstić information content (AvgIpc) is 3.04. The van der Waals surface area contributed by atoms with Crippen molar-refractivity contribution < 1.29 is 0 Å². The first-order valence-corrected chi connectivity index (χ1v) is 6.37. The minimum atomic E-state index is 0.261. The van der Waals surface area contributed by atoms with Gasteiger partial charge >= 0.3 is 0 Å². The van der Waals surface area contributed by atoms with Gasteiger partial charge in [0, 0.05) is 30.9 Å². The molecular formula is C12H20N6. The summed E-state index contributed by atoms with van der Waals surface area (Å²) in [6.45, 7) is 8.66. The minimum absolute atomic E-state index is 0.261. The summed E-state index contributed by atoms with van der Waals surface area (Å²) >= 11 is 0. The van der Waals surface area contributed by atoms with Crippen LogP contribution >= 0.6 is 0 Å². The number of aromatic nitrogens is 5. The molecule has 18 heavy (non-hydrogen) atoms. The van der Waals surface area contributed by atoms with E-state index in [1.807, 2.05) is 17.8 Å². The molecule has 2 aromatic heterocycles. The van der Waals surface area contributed by atoms with Gasteiger partial charge in [-0.3, -0.25) is 4.68 Å². The van der Waals surface area contributed by atoms with Crippen LogP contribution in [0.25, 0.3) is 0 Å². The Kier molecular flexibility index (Phi) is 4.09. The van der Waals surface area contributed by atoms with Gasteiger partial charge in [-0.05, 0) is 20.8 Å². The van der Waals surface area contributed by atoms with E-state index in [2.05, 4.69) is 40.7 Å². The monoisotopic (exact) mass is 248 g/mol. The zero-order valence-electron chi connectivity index (χ0n) is 11.2. The maximum Gasteiger partial charge on any atom is 0.0965 e. The molecule has 2 heterocycles. The highest BCUT2D eigenvalue weighted by Gasteiger charge is 2.08. The largest absolute Gasteiger partial charge is 0.304 e. The van der Waals surface area contributed by atoms with Crippen LogP contribution in [0.5, 0.6) is 0 Å². The molecule has 1 atom stereocenters. The van der Waals surface area contributed by atoms with E-state index >= 15 is 0 Å². The Hall–Kier alpha value is -1.69. The second kappa shape index (κ2) is 5.77. The Morgan fingerprint density at radius 3 is 2.67 bits per heavy atom. The van der Waals surface area contributed by atoms with E-state index in [4.69, 9.17) is 0 Å². The molecule has 1 N–H and O–H groups in total. The normalized spacial score (nSPS) is 12.8. The first kappa shape index (κ1) is 12.8.